The van der Waals surface area contributed by atoms with Crippen molar-refractivity contribution in [2.45, 2.75) is 53.1 Å². The standard InChI is InChI=1S/C11H21N3S/c1-5-9(4)6-10-13-14-11(15-10)7-12-8(2)3/h8-9,12H,5-7H2,1-4H3. The first-order valence-electron chi connectivity index (χ1n) is 5.66. The number of hydrogen-bond donors (Lipinski definition) is 1. The van der Waals surface area contributed by atoms with Crippen LogP contribution in [-0.2, 0) is 13.0 Å². The van der Waals surface area contributed by atoms with Crippen LogP contribution in [0.5, 0.6) is 0 Å². The molecule has 15 heavy (non-hydrogen) atoms. The van der Waals surface area contributed by atoms with Gasteiger partial charge in [-0.2, -0.15) is 0 Å². The monoisotopic (exact) mass is 227 g/mol. The van der Waals surface area contributed by atoms with Gasteiger partial charge in [-0.25, -0.2) is 0 Å². The summed E-state index contributed by atoms with van der Waals surface area (Å²) in [5.74, 6) is 0.712. The summed E-state index contributed by atoms with van der Waals surface area (Å²) in [7, 11) is 0. The maximum absolute atomic E-state index is 4.21. The molecule has 1 N–H and O–H groups in total. The third-order valence-corrected chi connectivity index (χ3v) is 3.34. The minimum absolute atomic E-state index is 0.506. The summed E-state index contributed by atoms with van der Waals surface area (Å²) in [5.41, 5.74) is 0. The van der Waals surface area contributed by atoms with Crippen molar-refractivity contribution in [2.24, 2.45) is 5.92 Å². The topological polar surface area (TPSA) is 37.8 Å². The number of nitrogens with zero attached hydrogens (tertiary/aromatic N) is 2. The maximum atomic E-state index is 4.21. The van der Waals surface area contributed by atoms with Crippen molar-refractivity contribution >= 4 is 11.3 Å². The zero-order valence-corrected chi connectivity index (χ0v) is 10.9. The molecule has 0 aromatic carbocycles. The molecule has 1 heterocycles. The Morgan fingerprint density at radius 2 is 1.87 bits per heavy atom. The van der Waals surface area contributed by atoms with Gasteiger partial charge in [0.05, 0.1) is 0 Å². The van der Waals surface area contributed by atoms with Crippen LogP contribution in [0.4, 0.5) is 0 Å². The smallest absolute Gasteiger partial charge is 0.131 e. The Hall–Kier alpha value is -0.480. The molecule has 1 atom stereocenters. The molecule has 1 aromatic rings. The lowest BCUT2D eigenvalue weighted by Crippen LogP contribution is -2.21. The number of nitrogens with one attached hydrogen (secondary N) is 1. The van der Waals surface area contributed by atoms with Crippen molar-refractivity contribution in [1.29, 1.82) is 0 Å². The van der Waals surface area contributed by atoms with E-state index in [9.17, 15) is 0 Å². The van der Waals surface area contributed by atoms with E-state index in [1.165, 1.54) is 11.4 Å². The second-order valence-electron chi connectivity index (χ2n) is 4.34. The van der Waals surface area contributed by atoms with Gasteiger partial charge in [0.15, 0.2) is 0 Å². The van der Waals surface area contributed by atoms with Gasteiger partial charge in [0.25, 0.3) is 0 Å². The Morgan fingerprint density at radius 1 is 1.20 bits per heavy atom. The minimum Gasteiger partial charge on any atom is -0.308 e. The van der Waals surface area contributed by atoms with E-state index in [0.717, 1.165) is 18.0 Å². The first kappa shape index (κ1) is 12.6. The molecule has 4 heteroatoms. The van der Waals surface area contributed by atoms with E-state index in [0.29, 0.717) is 12.0 Å². The molecule has 0 bridgehead atoms. The van der Waals surface area contributed by atoms with Crippen molar-refractivity contribution in [3.63, 3.8) is 0 Å². The summed E-state index contributed by atoms with van der Waals surface area (Å²) in [6, 6.07) is 0.506. The van der Waals surface area contributed by atoms with Gasteiger partial charge >= 0.3 is 0 Å². The van der Waals surface area contributed by atoms with E-state index in [1.54, 1.807) is 11.3 Å². The molecule has 0 amide bonds. The summed E-state index contributed by atoms with van der Waals surface area (Å²) in [6.45, 7) is 9.60. The van der Waals surface area contributed by atoms with Crippen LogP contribution in [0.25, 0.3) is 0 Å². The molecule has 86 valence electrons. The molecule has 0 aliphatic heterocycles. The fraction of sp³-hybridized carbons (Fsp3) is 0.818. The summed E-state index contributed by atoms with van der Waals surface area (Å²) >= 11 is 1.73. The lowest BCUT2D eigenvalue weighted by Gasteiger charge is -2.04. The van der Waals surface area contributed by atoms with Gasteiger partial charge in [0.2, 0.25) is 0 Å². The molecule has 0 fully saturated rings. The maximum Gasteiger partial charge on any atom is 0.131 e. The highest BCUT2D eigenvalue weighted by atomic mass is 32.1. The predicted octanol–water partition coefficient (Wildman–Crippen LogP) is 2.62. The number of aromatic nitrogens is 2. The Labute approximate surface area is 96.3 Å². The molecular weight excluding hydrogens is 206 g/mol. The van der Waals surface area contributed by atoms with E-state index in [1.807, 2.05) is 0 Å². The summed E-state index contributed by atoms with van der Waals surface area (Å²) in [6.07, 6.45) is 2.27. The van der Waals surface area contributed by atoms with Crippen LogP contribution in [0, 0.1) is 5.92 Å². The molecule has 0 aliphatic carbocycles. The van der Waals surface area contributed by atoms with Gasteiger partial charge in [-0.15, -0.1) is 21.5 Å². The van der Waals surface area contributed by atoms with Crippen molar-refractivity contribution in [1.82, 2.24) is 15.5 Å². The predicted molar refractivity (Wildman–Crippen MR) is 65.0 cm³/mol. The molecule has 0 aliphatic rings. The Bertz CT molecular complexity index is 283. The van der Waals surface area contributed by atoms with Crippen LogP contribution in [0.1, 0.15) is 44.1 Å². The zero-order valence-electron chi connectivity index (χ0n) is 10.1. The Kier molecular flexibility index (Phi) is 5.19. The SMILES string of the molecule is CCC(C)Cc1nnc(CNC(C)C)s1. The summed E-state index contributed by atoms with van der Waals surface area (Å²) in [5, 5.41) is 14.0. The third-order valence-electron chi connectivity index (χ3n) is 2.39. The lowest BCUT2D eigenvalue weighted by molar-refractivity contribution is 0.555. The minimum atomic E-state index is 0.506. The van der Waals surface area contributed by atoms with Crippen molar-refractivity contribution in [3.8, 4) is 0 Å². The zero-order chi connectivity index (χ0) is 11.3. The normalized spacial score (nSPS) is 13.4. The Balaban J connectivity index is 2.42. The molecular formula is C11H21N3S. The van der Waals surface area contributed by atoms with Gasteiger partial charge in [-0.3, -0.25) is 0 Å². The fourth-order valence-electron chi connectivity index (χ4n) is 1.18. The average Bonchev–Trinajstić information content (AvgIpc) is 2.62. The highest BCUT2D eigenvalue weighted by Crippen LogP contribution is 2.15. The molecule has 1 unspecified atom stereocenters. The number of rotatable bonds is 6. The third kappa shape index (κ3) is 4.71. The van der Waals surface area contributed by atoms with Gasteiger partial charge < -0.3 is 5.32 Å². The molecule has 1 aromatic heterocycles. The molecule has 0 saturated heterocycles. The second kappa shape index (κ2) is 6.18. The summed E-state index contributed by atoms with van der Waals surface area (Å²) in [4.78, 5) is 0. The van der Waals surface area contributed by atoms with E-state index in [4.69, 9.17) is 0 Å². The van der Waals surface area contributed by atoms with Gasteiger partial charge in [-0.05, 0) is 5.92 Å². The van der Waals surface area contributed by atoms with Gasteiger partial charge in [-0.1, -0.05) is 34.1 Å². The van der Waals surface area contributed by atoms with E-state index >= 15 is 0 Å². The molecule has 1 rings (SSSR count). The molecule has 0 spiro atoms. The van der Waals surface area contributed by atoms with Crippen molar-refractivity contribution < 1.29 is 0 Å². The quantitative estimate of drug-likeness (QED) is 0.812. The molecule has 3 nitrogen and oxygen atoms in total. The largest absolute Gasteiger partial charge is 0.308 e. The van der Waals surface area contributed by atoms with E-state index in [-0.39, 0.29) is 0 Å². The van der Waals surface area contributed by atoms with E-state index < -0.39 is 0 Å². The average molecular weight is 227 g/mol. The van der Waals surface area contributed by atoms with Gasteiger partial charge in [0, 0.05) is 19.0 Å². The van der Waals surface area contributed by atoms with Crippen molar-refractivity contribution in [3.05, 3.63) is 10.0 Å². The molecule has 0 radical (unpaired) electrons. The highest BCUT2D eigenvalue weighted by Gasteiger charge is 2.07. The van der Waals surface area contributed by atoms with Crippen LogP contribution in [0.15, 0.2) is 0 Å². The van der Waals surface area contributed by atoms with Crippen LogP contribution in [0.3, 0.4) is 0 Å². The lowest BCUT2D eigenvalue weighted by atomic mass is 10.1. The second-order valence-corrected chi connectivity index (χ2v) is 5.49. The number of hydrogen-bond acceptors (Lipinski definition) is 4. The first-order chi connectivity index (χ1) is 7.11. The van der Waals surface area contributed by atoms with Crippen LogP contribution in [-0.4, -0.2) is 16.2 Å². The first-order valence-corrected chi connectivity index (χ1v) is 6.48. The van der Waals surface area contributed by atoms with E-state index in [2.05, 4.69) is 43.2 Å². The Morgan fingerprint density at radius 3 is 2.47 bits per heavy atom. The van der Waals surface area contributed by atoms with Crippen LogP contribution >= 0.6 is 11.3 Å². The van der Waals surface area contributed by atoms with Crippen molar-refractivity contribution in [2.75, 3.05) is 0 Å². The summed E-state index contributed by atoms with van der Waals surface area (Å²) < 4.78 is 0. The van der Waals surface area contributed by atoms with Crippen LogP contribution < -0.4 is 5.32 Å². The van der Waals surface area contributed by atoms with Gasteiger partial charge in [0.1, 0.15) is 10.0 Å². The fourth-order valence-corrected chi connectivity index (χ4v) is 2.13. The molecule has 0 saturated carbocycles. The van der Waals surface area contributed by atoms with Crippen LogP contribution in [0.2, 0.25) is 0 Å². The highest BCUT2D eigenvalue weighted by molar-refractivity contribution is 7.11.